The van der Waals surface area contributed by atoms with Crippen LogP contribution in [-0.4, -0.2) is 53.2 Å². The van der Waals surface area contributed by atoms with E-state index >= 15 is 0 Å². The number of ether oxygens (including phenoxy) is 1. The lowest BCUT2D eigenvalue weighted by Crippen LogP contribution is -2.52. The van der Waals surface area contributed by atoms with Gasteiger partial charge in [-0.05, 0) is 25.7 Å². The second-order valence-corrected chi connectivity index (χ2v) is 5.17. The normalized spacial score (nSPS) is 15.6. The highest BCUT2D eigenvalue weighted by molar-refractivity contribution is 5.85. The standard InChI is InChI=1S/C13H22N2O5/c1-4-20-10(16)7-15(9-5-6-9)13(19)14-11(8(2)3)12(17)18/h8-9,11H,4-7H2,1-3H3,(H,14,19)(H,17,18)/t11-/m1/s1. The number of nitrogens with one attached hydrogen (secondary N) is 1. The van der Waals surface area contributed by atoms with E-state index in [0.717, 1.165) is 12.8 Å². The van der Waals surface area contributed by atoms with E-state index in [4.69, 9.17) is 9.84 Å². The Labute approximate surface area is 118 Å². The lowest BCUT2D eigenvalue weighted by Gasteiger charge is -2.25. The summed E-state index contributed by atoms with van der Waals surface area (Å²) in [5, 5.41) is 11.5. The first-order chi connectivity index (χ1) is 9.36. The molecule has 0 aromatic heterocycles. The Morgan fingerprint density at radius 2 is 1.95 bits per heavy atom. The van der Waals surface area contributed by atoms with E-state index in [1.54, 1.807) is 20.8 Å². The lowest BCUT2D eigenvalue weighted by molar-refractivity contribution is -0.143. The summed E-state index contributed by atoms with van der Waals surface area (Å²) < 4.78 is 4.82. The van der Waals surface area contributed by atoms with Gasteiger partial charge in [0.2, 0.25) is 0 Å². The molecule has 0 spiro atoms. The minimum Gasteiger partial charge on any atom is -0.480 e. The number of carbonyl (C=O) groups excluding carboxylic acids is 2. The van der Waals surface area contributed by atoms with Crippen molar-refractivity contribution in [3.8, 4) is 0 Å². The van der Waals surface area contributed by atoms with E-state index in [-0.39, 0.29) is 25.1 Å². The van der Waals surface area contributed by atoms with E-state index in [0.29, 0.717) is 0 Å². The number of hydrogen-bond donors (Lipinski definition) is 2. The number of nitrogens with zero attached hydrogens (tertiary/aromatic N) is 1. The van der Waals surface area contributed by atoms with Gasteiger partial charge in [-0.15, -0.1) is 0 Å². The smallest absolute Gasteiger partial charge is 0.326 e. The topological polar surface area (TPSA) is 95.9 Å². The highest BCUT2D eigenvalue weighted by Gasteiger charge is 2.36. The van der Waals surface area contributed by atoms with Crippen molar-refractivity contribution in [2.75, 3.05) is 13.2 Å². The van der Waals surface area contributed by atoms with E-state index in [9.17, 15) is 14.4 Å². The van der Waals surface area contributed by atoms with Crippen LogP contribution in [0.15, 0.2) is 0 Å². The second-order valence-electron chi connectivity index (χ2n) is 5.17. The Morgan fingerprint density at radius 1 is 1.35 bits per heavy atom. The van der Waals surface area contributed by atoms with Gasteiger partial charge in [0.1, 0.15) is 12.6 Å². The molecule has 1 fully saturated rings. The van der Waals surface area contributed by atoms with Crippen LogP contribution < -0.4 is 5.32 Å². The van der Waals surface area contributed by atoms with Crippen LogP contribution in [0.3, 0.4) is 0 Å². The number of rotatable bonds is 7. The van der Waals surface area contributed by atoms with Gasteiger partial charge in [-0.25, -0.2) is 9.59 Å². The first kappa shape index (κ1) is 16.3. The van der Waals surface area contributed by atoms with Crippen LogP contribution in [0.2, 0.25) is 0 Å². The van der Waals surface area contributed by atoms with Gasteiger partial charge < -0.3 is 20.1 Å². The summed E-state index contributed by atoms with van der Waals surface area (Å²) in [5.74, 6) is -1.80. The molecule has 0 saturated heterocycles. The van der Waals surface area contributed by atoms with Gasteiger partial charge in [0.05, 0.1) is 6.61 Å². The molecule has 0 unspecified atom stereocenters. The molecule has 0 radical (unpaired) electrons. The molecule has 7 nitrogen and oxygen atoms in total. The molecule has 1 atom stereocenters. The van der Waals surface area contributed by atoms with Gasteiger partial charge in [0.15, 0.2) is 0 Å². The molecule has 1 rings (SSSR count). The van der Waals surface area contributed by atoms with Crippen molar-refractivity contribution < 1.29 is 24.2 Å². The number of carboxylic acid groups (broad SMARTS) is 1. The maximum atomic E-state index is 12.1. The van der Waals surface area contributed by atoms with E-state index in [2.05, 4.69) is 5.32 Å². The van der Waals surface area contributed by atoms with Gasteiger partial charge in [-0.2, -0.15) is 0 Å². The zero-order valence-corrected chi connectivity index (χ0v) is 12.1. The third kappa shape index (κ3) is 4.71. The molecule has 114 valence electrons. The predicted molar refractivity (Wildman–Crippen MR) is 71.2 cm³/mol. The molecule has 20 heavy (non-hydrogen) atoms. The molecule has 1 aliphatic rings. The Balaban J connectivity index is 2.64. The lowest BCUT2D eigenvalue weighted by atomic mass is 10.1. The molecule has 2 N–H and O–H groups in total. The molecule has 2 amide bonds. The largest absolute Gasteiger partial charge is 0.480 e. The summed E-state index contributed by atoms with van der Waals surface area (Å²) >= 11 is 0. The molecule has 1 aliphatic carbocycles. The number of esters is 1. The minimum atomic E-state index is -1.08. The number of hydrogen-bond acceptors (Lipinski definition) is 4. The monoisotopic (exact) mass is 286 g/mol. The first-order valence-electron chi connectivity index (χ1n) is 6.82. The molecule has 0 bridgehead atoms. The van der Waals surface area contributed by atoms with Gasteiger partial charge in [-0.1, -0.05) is 13.8 Å². The Hall–Kier alpha value is -1.79. The van der Waals surface area contributed by atoms with Crippen LogP contribution in [0, 0.1) is 5.92 Å². The van der Waals surface area contributed by atoms with Crippen LogP contribution in [0.25, 0.3) is 0 Å². The van der Waals surface area contributed by atoms with E-state index in [1.807, 2.05) is 0 Å². The summed E-state index contributed by atoms with van der Waals surface area (Å²) in [6, 6.07) is -1.49. The summed E-state index contributed by atoms with van der Waals surface area (Å²) in [6.45, 7) is 5.23. The van der Waals surface area contributed by atoms with E-state index in [1.165, 1.54) is 4.90 Å². The molecule has 0 aromatic rings. The highest BCUT2D eigenvalue weighted by atomic mass is 16.5. The Morgan fingerprint density at radius 3 is 2.35 bits per heavy atom. The number of urea groups is 1. The number of amides is 2. The third-order valence-electron chi connectivity index (χ3n) is 3.06. The number of aliphatic carboxylic acids is 1. The van der Waals surface area contributed by atoms with Crippen LogP contribution in [0.1, 0.15) is 33.6 Å². The van der Waals surface area contributed by atoms with Crippen molar-refractivity contribution in [2.24, 2.45) is 5.92 Å². The number of carboxylic acids is 1. The fraction of sp³-hybridized carbons (Fsp3) is 0.769. The molecule has 1 saturated carbocycles. The maximum absolute atomic E-state index is 12.1. The van der Waals surface area contributed by atoms with Crippen molar-refractivity contribution in [3.05, 3.63) is 0 Å². The average Bonchev–Trinajstić information content (AvgIpc) is 3.16. The van der Waals surface area contributed by atoms with Crippen LogP contribution >= 0.6 is 0 Å². The quantitative estimate of drug-likeness (QED) is 0.676. The van der Waals surface area contributed by atoms with Crippen LogP contribution in [0.5, 0.6) is 0 Å². The summed E-state index contributed by atoms with van der Waals surface area (Å²) in [7, 11) is 0. The van der Waals surface area contributed by atoms with E-state index < -0.39 is 24.0 Å². The summed E-state index contributed by atoms with van der Waals surface area (Å²) in [5.41, 5.74) is 0. The van der Waals surface area contributed by atoms with Gasteiger partial charge in [0.25, 0.3) is 0 Å². The second kappa shape index (κ2) is 7.12. The van der Waals surface area contributed by atoms with Gasteiger partial charge >= 0.3 is 18.0 Å². The molecular formula is C13H22N2O5. The fourth-order valence-corrected chi connectivity index (χ4v) is 1.83. The molecule has 7 heteroatoms. The molecule has 0 aromatic carbocycles. The van der Waals surface area contributed by atoms with Crippen molar-refractivity contribution in [2.45, 2.75) is 45.7 Å². The predicted octanol–water partition coefficient (Wildman–Crippen LogP) is 0.833. The van der Waals surface area contributed by atoms with Crippen molar-refractivity contribution in [1.82, 2.24) is 10.2 Å². The van der Waals surface area contributed by atoms with Crippen molar-refractivity contribution in [3.63, 3.8) is 0 Å². The summed E-state index contributed by atoms with van der Waals surface area (Å²) in [6.07, 6.45) is 1.65. The minimum absolute atomic E-state index is 0.000938. The Kier molecular flexibility index (Phi) is 5.79. The average molecular weight is 286 g/mol. The Bertz CT molecular complexity index is 379. The number of carbonyl (C=O) groups is 3. The zero-order chi connectivity index (χ0) is 15.3. The zero-order valence-electron chi connectivity index (χ0n) is 12.1. The SMILES string of the molecule is CCOC(=O)CN(C(=O)N[C@@H](C(=O)O)C(C)C)C1CC1. The molecule has 0 aliphatic heterocycles. The maximum Gasteiger partial charge on any atom is 0.326 e. The van der Waals surface area contributed by atoms with Gasteiger partial charge in [-0.3, -0.25) is 4.79 Å². The van der Waals surface area contributed by atoms with Crippen molar-refractivity contribution >= 4 is 18.0 Å². The fourth-order valence-electron chi connectivity index (χ4n) is 1.83. The first-order valence-corrected chi connectivity index (χ1v) is 6.82. The molecule has 0 heterocycles. The van der Waals surface area contributed by atoms with Gasteiger partial charge in [0, 0.05) is 6.04 Å². The highest BCUT2D eigenvalue weighted by Crippen LogP contribution is 2.26. The van der Waals surface area contributed by atoms with Crippen LogP contribution in [0.4, 0.5) is 4.79 Å². The van der Waals surface area contributed by atoms with Crippen LogP contribution in [-0.2, 0) is 14.3 Å². The van der Waals surface area contributed by atoms with Crippen molar-refractivity contribution in [1.29, 1.82) is 0 Å². The third-order valence-corrected chi connectivity index (χ3v) is 3.06. The summed E-state index contributed by atoms with van der Waals surface area (Å²) in [4.78, 5) is 36.1. The molecular weight excluding hydrogens is 264 g/mol.